The van der Waals surface area contributed by atoms with Crippen molar-refractivity contribution in [3.63, 3.8) is 0 Å². The van der Waals surface area contributed by atoms with E-state index in [9.17, 15) is 4.79 Å². The van der Waals surface area contributed by atoms with Crippen LogP contribution in [0.25, 0.3) is 17.2 Å². The fraction of sp³-hybridized carbons (Fsp3) is 0.345. The topological polar surface area (TPSA) is 76.8 Å². The number of carbonyl (C=O) groups is 1. The molecule has 0 N–H and O–H groups in total. The van der Waals surface area contributed by atoms with Crippen LogP contribution in [0, 0.1) is 0 Å². The van der Waals surface area contributed by atoms with Gasteiger partial charge in [0.15, 0.2) is 0 Å². The lowest BCUT2D eigenvalue weighted by atomic mass is 9.90. The summed E-state index contributed by atoms with van der Waals surface area (Å²) in [6.07, 6.45) is 13.4. The molecule has 0 atom stereocenters. The van der Waals surface area contributed by atoms with Gasteiger partial charge in [0, 0.05) is 43.2 Å². The van der Waals surface area contributed by atoms with Crippen LogP contribution in [0.15, 0.2) is 61.2 Å². The van der Waals surface area contributed by atoms with Gasteiger partial charge in [-0.05, 0) is 73.3 Å². The summed E-state index contributed by atoms with van der Waals surface area (Å²) < 4.78 is 1.83. The second-order valence-electron chi connectivity index (χ2n) is 10.2. The lowest BCUT2D eigenvalue weighted by Crippen LogP contribution is -2.38. The smallest absolute Gasteiger partial charge is 0.257 e. The number of carbonyl (C=O) groups excluding carboxylic acids is 1. The first-order valence-corrected chi connectivity index (χ1v) is 13.0. The molecule has 3 aliphatic rings. The highest BCUT2D eigenvalue weighted by Crippen LogP contribution is 2.43. The maximum Gasteiger partial charge on any atom is 0.257 e. The number of benzene rings is 1. The zero-order valence-electron chi connectivity index (χ0n) is 20.2. The summed E-state index contributed by atoms with van der Waals surface area (Å²) in [5.74, 6) is 1.46. The molecule has 7 rings (SSSR count). The molecule has 180 valence electrons. The Balaban J connectivity index is 1.18. The first-order chi connectivity index (χ1) is 17.8. The van der Waals surface area contributed by atoms with Gasteiger partial charge in [-0.25, -0.2) is 14.6 Å². The lowest BCUT2D eigenvalue weighted by Gasteiger charge is -2.32. The van der Waals surface area contributed by atoms with E-state index in [1.807, 2.05) is 28.2 Å². The Morgan fingerprint density at radius 2 is 1.64 bits per heavy atom. The number of nitrogens with zero attached hydrogens (tertiary/aromatic N) is 6. The molecule has 36 heavy (non-hydrogen) atoms. The van der Waals surface area contributed by atoms with E-state index in [-0.39, 0.29) is 5.91 Å². The van der Waals surface area contributed by atoms with Crippen LogP contribution in [-0.4, -0.2) is 48.6 Å². The van der Waals surface area contributed by atoms with Crippen molar-refractivity contribution < 1.29 is 4.79 Å². The Hall–Kier alpha value is -3.87. The molecule has 0 radical (unpaired) electrons. The number of likely N-dealkylation sites (tertiary alicyclic amines) is 1. The molecule has 1 aliphatic heterocycles. The van der Waals surface area contributed by atoms with Crippen molar-refractivity contribution >= 4 is 5.91 Å². The first-order valence-electron chi connectivity index (χ1n) is 13.0. The predicted molar refractivity (Wildman–Crippen MR) is 136 cm³/mol. The maximum absolute atomic E-state index is 13.7. The Morgan fingerprint density at radius 1 is 0.861 bits per heavy atom. The number of rotatable bonds is 4. The van der Waals surface area contributed by atoms with Gasteiger partial charge in [-0.2, -0.15) is 5.10 Å². The number of amides is 1. The van der Waals surface area contributed by atoms with Crippen molar-refractivity contribution in [1.29, 1.82) is 0 Å². The fourth-order valence-electron chi connectivity index (χ4n) is 5.81. The normalized spacial score (nSPS) is 17.5. The van der Waals surface area contributed by atoms with Gasteiger partial charge in [0.2, 0.25) is 0 Å². The molecule has 4 heterocycles. The highest BCUT2D eigenvalue weighted by Gasteiger charge is 2.36. The monoisotopic (exact) mass is 476 g/mol. The Bertz CT molecular complexity index is 1430. The largest absolute Gasteiger partial charge is 0.338 e. The molecular weight excluding hydrogens is 448 g/mol. The van der Waals surface area contributed by atoms with Gasteiger partial charge in [-0.15, -0.1) is 0 Å². The number of piperidine rings is 1. The summed E-state index contributed by atoms with van der Waals surface area (Å²) in [6.45, 7) is 1.51. The van der Waals surface area contributed by atoms with Crippen molar-refractivity contribution in [1.82, 2.24) is 29.6 Å². The number of hydrogen-bond donors (Lipinski definition) is 0. The van der Waals surface area contributed by atoms with Crippen molar-refractivity contribution in [3.05, 3.63) is 89.1 Å². The van der Waals surface area contributed by atoms with Crippen LogP contribution in [0.3, 0.4) is 0 Å². The maximum atomic E-state index is 13.7. The Kier molecular flexibility index (Phi) is 5.15. The molecule has 1 saturated carbocycles. The van der Waals surface area contributed by atoms with Crippen molar-refractivity contribution in [2.24, 2.45) is 0 Å². The quantitative estimate of drug-likeness (QED) is 0.426. The molecule has 0 spiro atoms. The molecule has 7 heteroatoms. The third-order valence-electron chi connectivity index (χ3n) is 7.94. The average Bonchev–Trinajstić information content (AvgIpc) is 3.70. The number of aryl methyl sites for hydroxylation is 2. The van der Waals surface area contributed by atoms with Crippen LogP contribution in [0.1, 0.15) is 70.3 Å². The molecule has 0 bridgehead atoms. The summed E-state index contributed by atoms with van der Waals surface area (Å²) >= 11 is 0. The van der Waals surface area contributed by atoms with Crippen molar-refractivity contribution in [2.45, 2.75) is 50.4 Å². The van der Waals surface area contributed by atoms with E-state index in [1.54, 1.807) is 6.20 Å². The van der Waals surface area contributed by atoms with Gasteiger partial charge >= 0.3 is 0 Å². The minimum atomic E-state index is 0.0830. The van der Waals surface area contributed by atoms with Crippen LogP contribution >= 0.6 is 0 Å². The van der Waals surface area contributed by atoms with E-state index < -0.39 is 0 Å². The van der Waals surface area contributed by atoms with Gasteiger partial charge in [-0.3, -0.25) is 9.78 Å². The highest BCUT2D eigenvalue weighted by molar-refractivity contribution is 5.95. The Labute approximate surface area is 210 Å². The minimum absolute atomic E-state index is 0.0830. The van der Waals surface area contributed by atoms with Gasteiger partial charge in [0.05, 0.1) is 23.1 Å². The molecule has 3 aromatic heterocycles. The lowest BCUT2D eigenvalue weighted by molar-refractivity contribution is 0.0711. The molecule has 2 aliphatic carbocycles. The zero-order valence-corrected chi connectivity index (χ0v) is 20.2. The number of fused-ring (bicyclic) bond motifs is 3. The van der Waals surface area contributed by atoms with Crippen molar-refractivity contribution in [2.75, 3.05) is 13.1 Å². The minimum Gasteiger partial charge on any atom is -0.338 e. The summed E-state index contributed by atoms with van der Waals surface area (Å²) in [6, 6.07) is 12.6. The second-order valence-corrected chi connectivity index (χ2v) is 10.2. The summed E-state index contributed by atoms with van der Waals surface area (Å²) in [4.78, 5) is 29.5. The summed E-state index contributed by atoms with van der Waals surface area (Å²) in [7, 11) is 0. The molecule has 1 aromatic carbocycles. The van der Waals surface area contributed by atoms with E-state index in [2.05, 4.69) is 46.5 Å². The molecular formula is C29H28N6O. The van der Waals surface area contributed by atoms with Crippen LogP contribution in [0.2, 0.25) is 0 Å². The van der Waals surface area contributed by atoms with E-state index in [4.69, 9.17) is 9.97 Å². The summed E-state index contributed by atoms with van der Waals surface area (Å²) in [5.41, 5.74) is 7.66. The average molecular weight is 477 g/mol. The van der Waals surface area contributed by atoms with Crippen LogP contribution < -0.4 is 0 Å². The van der Waals surface area contributed by atoms with Crippen LogP contribution in [0.5, 0.6) is 0 Å². The van der Waals surface area contributed by atoms with E-state index in [0.717, 1.165) is 63.0 Å². The molecule has 7 nitrogen and oxygen atoms in total. The van der Waals surface area contributed by atoms with Gasteiger partial charge in [0.25, 0.3) is 11.9 Å². The molecule has 0 unspecified atom stereocenters. The highest BCUT2D eigenvalue weighted by atomic mass is 16.2. The molecule has 2 fully saturated rings. The zero-order chi connectivity index (χ0) is 24.1. The van der Waals surface area contributed by atoms with Gasteiger partial charge < -0.3 is 4.90 Å². The molecule has 1 saturated heterocycles. The van der Waals surface area contributed by atoms with E-state index in [1.165, 1.54) is 22.3 Å². The van der Waals surface area contributed by atoms with Crippen LogP contribution in [0.4, 0.5) is 0 Å². The first kappa shape index (κ1) is 21.4. The number of hydrogen-bond acceptors (Lipinski definition) is 5. The molecule has 1 amide bonds. The summed E-state index contributed by atoms with van der Waals surface area (Å²) in [5, 5.41) is 4.67. The van der Waals surface area contributed by atoms with E-state index in [0.29, 0.717) is 23.3 Å². The van der Waals surface area contributed by atoms with Gasteiger partial charge in [0.1, 0.15) is 0 Å². The number of pyridine rings is 1. The Morgan fingerprint density at radius 3 is 2.44 bits per heavy atom. The van der Waals surface area contributed by atoms with Crippen molar-refractivity contribution in [3.8, 4) is 17.2 Å². The third-order valence-corrected chi connectivity index (χ3v) is 7.94. The molecule has 4 aromatic rings. The standard InChI is InChI=1S/C29H28N6O/c36-28(34-15-11-20(12-16-34)19-9-13-30-14-10-19)25-18-32-35(27(25)22-6-7-22)29-31-17-23-8-5-21-3-1-2-4-24(21)26(23)33-29/h1-4,9-10,13-14,17-18,20,22H,5-8,11-12,15-16H2. The van der Waals surface area contributed by atoms with Gasteiger partial charge in [-0.1, -0.05) is 24.3 Å². The SMILES string of the molecule is O=C(c1cnn(-c2ncc3c(n2)-c2ccccc2CC3)c1C1CC1)N1CCC(c2ccncc2)CC1. The second kappa shape index (κ2) is 8.66. The fourth-order valence-corrected chi connectivity index (χ4v) is 5.81. The number of aromatic nitrogens is 5. The predicted octanol–water partition coefficient (Wildman–Crippen LogP) is 4.72. The third kappa shape index (κ3) is 3.70. The van der Waals surface area contributed by atoms with Crippen LogP contribution in [-0.2, 0) is 12.8 Å². The van der Waals surface area contributed by atoms with E-state index >= 15 is 0 Å².